The minimum absolute atomic E-state index is 0. The third-order valence-electron chi connectivity index (χ3n) is 4.46. The first-order valence-electron chi connectivity index (χ1n) is 8.33. The van der Waals surface area contributed by atoms with Gasteiger partial charge in [0.15, 0.2) is 0 Å². The normalized spacial score (nSPS) is 19.0. The third kappa shape index (κ3) is 4.08. The van der Waals surface area contributed by atoms with Crippen LogP contribution in [-0.4, -0.2) is 45.9 Å². The van der Waals surface area contributed by atoms with E-state index in [1.807, 2.05) is 13.2 Å². The molecule has 2 N–H and O–H groups in total. The number of hydrogen-bond donors (Lipinski definition) is 2. The summed E-state index contributed by atoms with van der Waals surface area (Å²) in [6, 6.07) is 1.64. The van der Waals surface area contributed by atoms with Crippen molar-refractivity contribution in [3.05, 3.63) is 35.9 Å². The Morgan fingerprint density at radius 3 is 2.77 bits per heavy atom. The Labute approximate surface area is 158 Å². The fraction of sp³-hybridized carbons (Fsp3) is 0.471. The molecule has 3 rings (SSSR count). The van der Waals surface area contributed by atoms with Gasteiger partial charge in [-0.1, -0.05) is 0 Å². The van der Waals surface area contributed by atoms with E-state index in [-0.39, 0.29) is 30.2 Å². The number of anilines is 1. The molecule has 1 fully saturated rings. The molecule has 0 saturated carbocycles. The number of carbonyl (C=O) groups is 2. The van der Waals surface area contributed by atoms with Gasteiger partial charge in [-0.25, -0.2) is 4.79 Å². The molecular weight excluding hydrogens is 358 g/mol. The van der Waals surface area contributed by atoms with Gasteiger partial charge in [-0.15, -0.1) is 12.4 Å². The molecule has 0 bridgehead atoms. The first-order chi connectivity index (χ1) is 12.0. The van der Waals surface area contributed by atoms with Crippen LogP contribution < -0.4 is 10.6 Å². The largest absolute Gasteiger partial charge is 0.461 e. The Hall–Kier alpha value is -2.32. The zero-order chi connectivity index (χ0) is 18.0. The number of nitrogens with one attached hydrogen (secondary N) is 2. The summed E-state index contributed by atoms with van der Waals surface area (Å²) in [5.41, 5.74) is 2.05. The van der Waals surface area contributed by atoms with E-state index >= 15 is 0 Å². The number of esters is 1. The van der Waals surface area contributed by atoms with Gasteiger partial charge in [0.05, 0.1) is 24.4 Å². The lowest BCUT2D eigenvalue weighted by atomic mass is 9.90. The maximum atomic E-state index is 12.7. The van der Waals surface area contributed by atoms with Crippen LogP contribution in [0.2, 0.25) is 0 Å². The van der Waals surface area contributed by atoms with E-state index in [1.54, 1.807) is 41.7 Å². The number of aromatic nitrogens is 3. The predicted octanol–water partition coefficient (Wildman–Crippen LogP) is 1.30. The molecule has 0 radical (unpaired) electrons. The molecule has 26 heavy (non-hydrogen) atoms. The Bertz CT molecular complexity index is 785. The van der Waals surface area contributed by atoms with Gasteiger partial charge in [0.1, 0.15) is 5.69 Å². The number of amides is 1. The summed E-state index contributed by atoms with van der Waals surface area (Å²) in [4.78, 5) is 24.6. The highest BCUT2D eigenvalue weighted by Crippen LogP contribution is 2.29. The minimum Gasteiger partial charge on any atom is -0.461 e. The maximum Gasteiger partial charge on any atom is 0.355 e. The van der Waals surface area contributed by atoms with Gasteiger partial charge in [0.25, 0.3) is 0 Å². The van der Waals surface area contributed by atoms with Crippen molar-refractivity contribution in [2.45, 2.75) is 12.8 Å². The Morgan fingerprint density at radius 2 is 2.12 bits per heavy atom. The number of nitrogens with zero attached hydrogens (tertiary/aromatic N) is 3. The van der Waals surface area contributed by atoms with Crippen LogP contribution in [0, 0.1) is 5.92 Å². The van der Waals surface area contributed by atoms with Crippen LogP contribution in [0.3, 0.4) is 0 Å². The highest BCUT2D eigenvalue weighted by Gasteiger charge is 2.35. The van der Waals surface area contributed by atoms with Gasteiger partial charge >= 0.3 is 5.97 Å². The molecule has 1 aliphatic heterocycles. The van der Waals surface area contributed by atoms with E-state index < -0.39 is 5.97 Å². The van der Waals surface area contributed by atoms with E-state index in [1.165, 1.54) is 0 Å². The summed E-state index contributed by atoms with van der Waals surface area (Å²) < 4.78 is 8.41. The summed E-state index contributed by atoms with van der Waals surface area (Å²) in [5, 5.41) is 10.4. The molecule has 3 heterocycles. The fourth-order valence-corrected chi connectivity index (χ4v) is 3.21. The molecule has 0 spiro atoms. The van der Waals surface area contributed by atoms with Gasteiger partial charge < -0.3 is 19.9 Å². The Kier molecular flexibility index (Phi) is 6.44. The molecule has 1 aliphatic rings. The van der Waals surface area contributed by atoms with Crippen LogP contribution in [0.4, 0.5) is 5.69 Å². The number of hydrogen-bond acceptors (Lipinski definition) is 5. The molecule has 2 aromatic rings. The number of ether oxygens (including phenoxy) is 1. The average molecular weight is 382 g/mol. The van der Waals surface area contributed by atoms with Crippen LogP contribution in [0.1, 0.15) is 28.9 Å². The lowest BCUT2D eigenvalue weighted by Gasteiger charge is -2.16. The minimum atomic E-state index is -0.402. The summed E-state index contributed by atoms with van der Waals surface area (Å²) in [6.45, 7) is 3.43. The van der Waals surface area contributed by atoms with Crippen molar-refractivity contribution in [3.8, 4) is 0 Å². The molecule has 0 unspecified atom stereocenters. The van der Waals surface area contributed by atoms with Crippen LogP contribution in [-0.2, 0) is 23.6 Å². The molecule has 0 aromatic carbocycles. The zero-order valence-electron chi connectivity index (χ0n) is 15.1. The fourth-order valence-electron chi connectivity index (χ4n) is 3.21. The van der Waals surface area contributed by atoms with Gasteiger partial charge in [0, 0.05) is 45.5 Å². The highest BCUT2D eigenvalue weighted by molar-refractivity contribution is 5.96. The van der Waals surface area contributed by atoms with E-state index in [4.69, 9.17) is 4.74 Å². The molecule has 8 nitrogen and oxygen atoms in total. The molecule has 0 aliphatic carbocycles. The van der Waals surface area contributed by atoms with Crippen molar-refractivity contribution in [1.82, 2.24) is 19.7 Å². The van der Waals surface area contributed by atoms with Crippen molar-refractivity contribution >= 4 is 30.0 Å². The van der Waals surface area contributed by atoms with E-state index in [0.29, 0.717) is 24.5 Å². The zero-order valence-corrected chi connectivity index (χ0v) is 15.9. The van der Waals surface area contributed by atoms with Gasteiger partial charge in [-0.05, 0) is 18.6 Å². The number of carbonyl (C=O) groups excluding carboxylic acids is 2. The second-order valence-electron chi connectivity index (χ2n) is 6.25. The monoisotopic (exact) mass is 381 g/mol. The van der Waals surface area contributed by atoms with E-state index in [9.17, 15) is 9.59 Å². The standard InChI is InChI=1S/C17H23N5O3.ClH/c1-4-25-17(24)15-5-12(10-21(15)2)20-16(23)14-8-18-7-13(14)11-6-19-22(3)9-11;/h5-6,9-10,13-14,18H,4,7-8H2,1-3H3,(H,20,23);1H/t13-,14+;/m1./s1. The molecule has 1 amide bonds. The second kappa shape index (κ2) is 8.37. The highest BCUT2D eigenvalue weighted by atomic mass is 35.5. The van der Waals surface area contributed by atoms with Crippen LogP contribution in [0.25, 0.3) is 0 Å². The smallest absolute Gasteiger partial charge is 0.355 e. The topological polar surface area (TPSA) is 90.2 Å². The number of aryl methyl sites for hydroxylation is 2. The van der Waals surface area contributed by atoms with Crippen LogP contribution in [0.5, 0.6) is 0 Å². The van der Waals surface area contributed by atoms with Crippen molar-refractivity contribution in [1.29, 1.82) is 0 Å². The number of halogens is 1. The van der Waals surface area contributed by atoms with Crippen molar-refractivity contribution in [2.24, 2.45) is 20.0 Å². The summed E-state index contributed by atoms with van der Waals surface area (Å²) >= 11 is 0. The summed E-state index contributed by atoms with van der Waals surface area (Å²) in [5.74, 6) is -0.571. The average Bonchev–Trinajstić information content (AvgIpc) is 3.26. The quantitative estimate of drug-likeness (QED) is 0.762. The maximum absolute atomic E-state index is 12.7. The van der Waals surface area contributed by atoms with Crippen molar-refractivity contribution < 1.29 is 14.3 Å². The second-order valence-corrected chi connectivity index (χ2v) is 6.25. The van der Waals surface area contributed by atoms with Gasteiger partial charge in [0.2, 0.25) is 5.91 Å². The Morgan fingerprint density at radius 1 is 1.35 bits per heavy atom. The molecular formula is C17H24ClN5O3. The molecule has 2 aromatic heterocycles. The summed E-state index contributed by atoms with van der Waals surface area (Å²) in [7, 11) is 3.61. The van der Waals surface area contributed by atoms with Gasteiger partial charge in [-0.3, -0.25) is 9.48 Å². The molecule has 1 saturated heterocycles. The van der Waals surface area contributed by atoms with Crippen LogP contribution >= 0.6 is 12.4 Å². The molecule has 142 valence electrons. The lowest BCUT2D eigenvalue weighted by molar-refractivity contribution is -0.119. The van der Waals surface area contributed by atoms with E-state index in [2.05, 4.69) is 15.7 Å². The third-order valence-corrected chi connectivity index (χ3v) is 4.46. The SMILES string of the molecule is CCOC(=O)c1cc(NC(=O)[C@H]2CNC[C@@H]2c2cnn(C)c2)cn1C.Cl. The summed E-state index contributed by atoms with van der Waals surface area (Å²) in [6.07, 6.45) is 5.46. The van der Waals surface area contributed by atoms with Crippen LogP contribution in [0.15, 0.2) is 24.7 Å². The molecule has 9 heteroatoms. The first-order valence-corrected chi connectivity index (χ1v) is 8.33. The van der Waals surface area contributed by atoms with Gasteiger partial charge in [-0.2, -0.15) is 5.10 Å². The molecule has 2 atom stereocenters. The van der Waals surface area contributed by atoms with Crippen molar-refractivity contribution in [2.75, 3.05) is 25.0 Å². The first kappa shape index (κ1) is 20.0. The lowest BCUT2D eigenvalue weighted by Crippen LogP contribution is -2.27. The van der Waals surface area contributed by atoms with E-state index in [0.717, 1.165) is 12.1 Å². The number of rotatable bonds is 5. The van der Waals surface area contributed by atoms with Crippen molar-refractivity contribution in [3.63, 3.8) is 0 Å². The predicted molar refractivity (Wildman–Crippen MR) is 99.6 cm³/mol. The Balaban J connectivity index is 0.00000243.